The van der Waals surface area contributed by atoms with Crippen molar-refractivity contribution < 1.29 is 0 Å². The van der Waals surface area contributed by atoms with E-state index in [0.717, 1.165) is 5.75 Å². The normalized spacial score (nSPS) is 12.5. The van der Waals surface area contributed by atoms with Crippen molar-refractivity contribution in [1.82, 2.24) is 0 Å². The Morgan fingerprint density at radius 2 is 1.32 bits per heavy atom. The zero-order valence-electron chi connectivity index (χ0n) is 19.3. The Morgan fingerprint density at radius 3 is 2.03 bits per heavy atom. The lowest BCUT2D eigenvalue weighted by molar-refractivity contribution is 1.02. The van der Waals surface area contributed by atoms with Crippen molar-refractivity contribution in [3.8, 4) is 11.1 Å². The minimum atomic E-state index is 0.203. The Kier molecular flexibility index (Phi) is 5.36. The monoisotopic (exact) mass is 454 g/mol. The summed E-state index contributed by atoms with van der Waals surface area (Å²) in [6, 6.07) is 39.9. The highest BCUT2D eigenvalue weighted by atomic mass is 32.2. The molecule has 0 spiro atoms. The smallest absolute Gasteiger partial charge is 0.0364 e. The predicted octanol–water partition coefficient (Wildman–Crippen LogP) is 9.11. The maximum atomic E-state index is 4.59. The fourth-order valence-electron chi connectivity index (χ4n) is 5.26. The third kappa shape index (κ3) is 3.57. The Labute approximate surface area is 206 Å². The van der Waals surface area contributed by atoms with Crippen LogP contribution >= 0.6 is 11.8 Å². The maximum Gasteiger partial charge on any atom is 0.0364 e. The molecule has 0 radical (unpaired) electrons. The van der Waals surface area contributed by atoms with Crippen LogP contribution < -0.4 is 0 Å². The van der Waals surface area contributed by atoms with Crippen LogP contribution in [0.5, 0.6) is 0 Å². The van der Waals surface area contributed by atoms with Crippen LogP contribution in [-0.2, 0) is 0 Å². The third-order valence-electron chi connectivity index (χ3n) is 6.91. The molecule has 1 aliphatic carbocycles. The van der Waals surface area contributed by atoms with E-state index in [1.807, 2.05) is 11.8 Å². The molecule has 5 aromatic carbocycles. The summed E-state index contributed by atoms with van der Waals surface area (Å²) < 4.78 is 0. The molecule has 0 bridgehead atoms. The third-order valence-corrected chi connectivity index (χ3v) is 8.01. The molecule has 0 atom stereocenters. The second-order valence-electron chi connectivity index (χ2n) is 9.06. The number of benzene rings is 5. The Bertz CT molecular complexity index is 1480. The van der Waals surface area contributed by atoms with E-state index in [-0.39, 0.29) is 5.92 Å². The highest BCUT2D eigenvalue weighted by Gasteiger charge is 2.32. The van der Waals surface area contributed by atoms with Crippen LogP contribution in [0.2, 0.25) is 0 Å². The van der Waals surface area contributed by atoms with Gasteiger partial charge in [0.1, 0.15) is 0 Å². The molecule has 0 saturated heterocycles. The lowest BCUT2D eigenvalue weighted by Crippen LogP contribution is -2.05. The Morgan fingerprint density at radius 1 is 0.706 bits per heavy atom. The van der Waals surface area contributed by atoms with Gasteiger partial charge in [0, 0.05) is 16.6 Å². The van der Waals surface area contributed by atoms with E-state index in [9.17, 15) is 0 Å². The van der Waals surface area contributed by atoms with E-state index < -0.39 is 0 Å². The van der Waals surface area contributed by atoms with Gasteiger partial charge in [-0.05, 0) is 68.8 Å². The molecule has 5 aromatic rings. The first-order valence-electron chi connectivity index (χ1n) is 11.8. The highest BCUT2D eigenvalue weighted by Crippen LogP contribution is 2.51. The Hall–Kier alpha value is -3.55. The minimum Gasteiger partial charge on any atom is -0.121 e. The standard InChI is InChI=1S/C33H26S/c1-22-15-18-25(19-16-22)34-21-23(2)26-20-17-24-9-3-4-10-27(24)32(26)33-30-13-7-5-11-28(30)29-12-6-8-14-31(29)33/h3-20,33H,2,21H2,1H3. The second kappa shape index (κ2) is 8.66. The predicted molar refractivity (Wildman–Crippen MR) is 148 cm³/mol. The number of thioether (sulfide) groups is 1. The van der Waals surface area contributed by atoms with Crippen LogP contribution in [0, 0.1) is 6.92 Å². The minimum absolute atomic E-state index is 0.203. The van der Waals surface area contributed by atoms with Gasteiger partial charge in [-0.15, -0.1) is 11.8 Å². The second-order valence-corrected chi connectivity index (χ2v) is 10.1. The summed E-state index contributed by atoms with van der Waals surface area (Å²) in [6.45, 7) is 6.72. The molecule has 0 N–H and O–H groups in total. The van der Waals surface area contributed by atoms with Crippen molar-refractivity contribution in [3.63, 3.8) is 0 Å². The fourth-order valence-corrected chi connectivity index (χ4v) is 6.09. The number of hydrogen-bond donors (Lipinski definition) is 0. The number of fused-ring (bicyclic) bond motifs is 4. The van der Waals surface area contributed by atoms with Gasteiger partial charge < -0.3 is 0 Å². The zero-order chi connectivity index (χ0) is 23.1. The topological polar surface area (TPSA) is 0 Å². The lowest BCUT2D eigenvalue weighted by atomic mass is 9.81. The van der Waals surface area contributed by atoms with Gasteiger partial charge in [0.2, 0.25) is 0 Å². The zero-order valence-corrected chi connectivity index (χ0v) is 20.1. The van der Waals surface area contributed by atoms with Crippen LogP contribution in [-0.4, -0.2) is 5.75 Å². The highest BCUT2D eigenvalue weighted by molar-refractivity contribution is 7.99. The summed E-state index contributed by atoms with van der Waals surface area (Å²) in [6.07, 6.45) is 0. The SMILES string of the molecule is C=C(CSc1ccc(C)cc1)c1ccc2ccccc2c1C1c2ccccc2-c2ccccc21. The summed E-state index contributed by atoms with van der Waals surface area (Å²) in [7, 11) is 0. The molecule has 0 nitrogen and oxygen atoms in total. The first kappa shape index (κ1) is 21.0. The molecule has 34 heavy (non-hydrogen) atoms. The van der Waals surface area contributed by atoms with Crippen molar-refractivity contribution in [2.45, 2.75) is 17.7 Å². The first-order valence-corrected chi connectivity index (χ1v) is 12.8. The van der Waals surface area contributed by atoms with Gasteiger partial charge in [-0.1, -0.05) is 109 Å². The van der Waals surface area contributed by atoms with Crippen molar-refractivity contribution >= 4 is 28.1 Å². The molecule has 0 heterocycles. The Balaban J connectivity index is 1.50. The summed E-state index contributed by atoms with van der Waals surface area (Å²) in [4.78, 5) is 1.28. The number of aryl methyl sites for hydroxylation is 1. The molecule has 1 aliphatic rings. The molecule has 0 aromatic heterocycles. The van der Waals surface area contributed by atoms with E-state index in [0.29, 0.717) is 0 Å². The van der Waals surface area contributed by atoms with Crippen LogP contribution in [0.1, 0.15) is 33.7 Å². The molecule has 1 heteroatoms. The molecular weight excluding hydrogens is 428 g/mol. The summed E-state index contributed by atoms with van der Waals surface area (Å²) in [5.74, 6) is 1.07. The van der Waals surface area contributed by atoms with Gasteiger partial charge in [0.25, 0.3) is 0 Å². The lowest BCUT2D eigenvalue weighted by Gasteiger charge is -2.22. The molecule has 0 fully saturated rings. The summed E-state index contributed by atoms with van der Waals surface area (Å²) >= 11 is 1.86. The van der Waals surface area contributed by atoms with Crippen LogP contribution in [0.15, 0.2) is 121 Å². The fraction of sp³-hybridized carbons (Fsp3) is 0.0909. The molecule has 0 aliphatic heterocycles. The number of rotatable bonds is 5. The van der Waals surface area contributed by atoms with Crippen LogP contribution in [0.25, 0.3) is 27.5 Å². The number of hydrogen-bond acceptors (Lipinski definition) is 1. The van der Waals surface area contributed by atoms with Gasteiger partial charge in [-0.2, -0.15) is 0 Å². The summed E-state index contributed by atoms with van der Waals surface area (Å²) in [5.41, 5.74) is 10.6. The van der Waals surface area contributed by atoms with Gasteiger partial charge in [-0.3, -0.25) is 0 Å². The quantitative estimate of drug-likeness (QED) is 0.234. The average Bonchev–Trinajstić information content (AvgIpc) is 3.22. The van der Waals surface area contributed by atoms with Crippen LogP contribution in [0.4, 0.5) is 0 Å². The molecule has 6 rings (SSSR count). The van der Waals surface area contributed by atoms with Crippen molar-refractivity contribution in [3.05, 3.63) is 144 Å². The van der Waals surface area contributed by atoms with Gasteiger partial charge in [0.15, 0.2) is 0 Å². The molecule has 0 saturated carbocycles. The van der Waals surface area contributed by atoms with Gasteiger partial charge in [-0.25, -0.2) is 0 Å². The first-order chi connectivity index (χ1) is 16.7. The summed E-state index contributed by atoms with van der Waals surface area (Å²) in [5, 5.41) is 2.60. The van der Waals surface area contributed by atoms with E-state index in [1.54, 1.807) is 0 Å². The van der Waals surface area contributed by atoms with E-state index >= 15 is 0 Å². The molecule has 0 unspecified atom stereocenters. The van der Waals surface area contributed by atoms with Crippen LogP contribution in [0.3, 0.4) is 0 Å². The van der Waals surface area contributed by atoms with E-state index in [4.69, 9.17) is 0 Å². The molecule has 164 valence electrons. The van der Waals surface area contributed by atoms with E-state index in [2.05, 4.69) is 123 Å². The van der Waals surface area contributed by atoms with Gasteiger partial charge >= 0.3 is 0 Å². The van der Waals surface area contributed by atoms with Crippen molar-refractivity contribution in [2.75, 3.05) is 5.75 Å². The largest absolute Gasteiger partial charge is 0.121 e. The maximum absolute atomic E-state index is 4.59. The average molecular weight is 455 g/mol. The molecule has 0 amide bonds. The van der Waals surface area contributed by atoms with Gasteiger partial charge in [0.05, 0.1) is 0 Å². The van der Waals surface area contributed by atoms with Crippen molar-refractivity contribution in [1.29, 1.82) is 0 Å². The van der Waals surface area contributed by atoms with E-state index in [1.165, 1.54) is 60.2 Å². The van der Waals surface area contributed by atoms with Crippen molar-refractivity contribution in [2.24, 2.45) is 0 Å². The molecular formula is C33H26S.